The highest BCUT2D eigenvalue weighted by Gasteiger charge is 2.14. The SMILES string of the molecule is [C]#Cc1cc(F)cc(C(C)(C)C)c1. The summed E-state index contributed by atoms with van der Waals surface area (Å²) in [6.07, 6.45) is 6.92. The lowest BCUT2D eigenvalue weighted by Crippen LogP contribution is -2.11. The van der Waals surface area contributed by atoms with E-state index in [2.05, 4.69) is 5.92 Å². The van der Waals surface area contributed by atoms with Crippen molar-refractivity contribution in [3.05, 3.63) is 41.6 Å². The maximum atomic E-state index is 13.0. The first-order chi connectivity index (χ1) is 5.93. The molecule has 0 aliphatic carbocycles. The van der Waals surface area contributed by atoms with Crippen LogP contribution in [0.3, 0.4) is 0 Å². The minimum absolute atomic E-state index is 0.0896. The van der Waals surface area contributed by atoms with E-state index in [1.165, 1.54) is 12.1 Å². The average Bonchev–Trinajstić information content (AvgIpc) is 2.01. The van der Waals surface area contributed by atoms with Gasteiger partial charge < -0.3 is 0 Å². The zero-order valence-corrected chi connectivity index (χ0v) is 8.11. The summed E-state index contributed by atoms with van der Waals surface area (Å²) in [5.74, 6) is 1.89. The third kappa shape index (κ3) is 2.32. The quantitative estimate of drug-likeness (QED) is 0.531. The van der Waals surface area contributed by atoms with Crippen LogP contribution < -0.4 is 0 Å². The maximum Gasteiger partial charge on any atom is 0.124 e. The molecule has 0 saturated heterocycles. The fourth-order valence-electron chi connectivity index (χ4n) is 1.09. The van der Waals surface area contributed by atoms with Crippen LogP contribution in [0.25, 0.3) is 0 Å². The fourth-order valence-corrected chi connectivity index (χ4v) is 1.09. The van der Waals surface area contributed by atoms with E-state index in [9.17, 15) is 4.39 Å². The molecule has 0 fully saturated rings. The molecule has 0 aliphatic rings. The summed E-state index contributed by atoms with van der Waals surface area (Å²) >= 11 is 0. The predicted octanol–water partition coefficient (Wildman–Crippen LogP) is 3.06. The average molecular weight is 175 g/mol. The summed E-state index contributed by atoms with van der Waals surface area (Å²) in [7, 11) is 0. The van der Waals surface area contributed by atoms with Crippen LogP contribution in [0.2, 0.25) is 0 Å². The summed E-state index contributed by atoms with van der Waals surface area (Å²) in [6, 6.07) is 4.60. The molecular formula is C12H12F. The van der Waals surface area contributed by atoms with Gasteiger partial charge in [0.2, 0.25) is 0 Å². The second-order valence-electron chi connectivity index (χ2n) is 4.10. The van der Waals surface area contributed by atoms with E-state index in [4.69, 9.17) is 6.42 Å². The number of benzene rings is 1. The number of rotatable bonds is 0. The Kier molecular flexibility index (Phi) is 2.43. The van der Waals surface area contributed by atoms with E-state index in [0.29, 0.717) is 5.56 Å². The van der Waals surface area contributed by atoms with Crippen molar-refractivity contribution in [3.63, 3.8) is 0 Å². The molecule has 0 heterocycles. The van der Waals surface area contributed by atoms with Crippen molar-refractivity contribution in [1.82, 2.24) is 0 Å². The first-order valence-electron chi connectivity index (χ1n) is 4.17. The molecule has 0 aliphatic heterocycles. The van der Waals surface area contributed by atoms with E-state index >= 15 is 0 Å². The predicted molar refractivity (Wildman–Crippen MR) is 51.3 cm³/mol. The molecule has 13 heavy (non-hydrogen) atoms. The molecule has 0 spiro atoms. The first-order valence-corrected chi connectivity index (χ1v) is 4.17. The molecule has 0 aromatic heterocycles. The molecule has 0 atom stereocenters. The first kappa shape index (κ1) is 9.80. The van der Waals surface area contributed by atoms with Crippen molar-refractivity contribution in [3.8, 4) is 5.92 Å². The topological polar surface area (TPSA) is 0 Å². The minimum Gasteiger partial charge on any atom is -0.207 e. The van der Waals surface area contributed by atoms with Gasteiger partial charge in [0.1, 0.15) is 5.82 Å². The Morgan fingerprint density at radius 3 is 2.31 bits per heavy atom. The Hall–Kier alpha value is -1.29. The molecular weight excluding hydrogens is 163 g/mol. The van der Waals surface area contributed by atoms with Crippen molar-refractivity contribution in [1.29, 1.82) is 0 Å². The third-order valence-electron chi connectivity index (χ3n) is 1.91. The Morgan fingerprint density at radius 1 is 1.23 bits per heavy atom. The molecule has 1 radical (unpaired) electrons. The molecule has 1 aromatic rings. The van der Waals surface area contributed by atoms with Crippen LogP contribution in [0.5, 0.6) is 0 Å². The Labute approximate surface area is 78.8 Å². The molecule has 1 rings (SSSR count). The lowest BCUT2D eigenvalue weighted by molar-refractivity contribution is 0.572. The van der Waals surface area contributed by atoms with Gasteiger partial charge in [-0.25, -0.2) is 4.39 Å². The molecule has 1 heteroatoms. The smallest absolute Gasteiger partial charge is 0.124 e. The van der Waals surface area contributed by atoms with Crippen LogP contribution >= 0.6 is 0 Å². The zero-order valence-electron chi connectivity index (χ0n) is 8.11. The molecule has 0 unspecified atom stereocenters. The highest BCUT2D eigenvalue weighted by atomic mass is 19.1. The standard InChI is InChI=1S/C12H12F/c1-5-9-6-10(12(2,3)4)8-11(13)7-9/h6-8H,2-4H3. The maximum absolute atomic E-state index is 13.0. The molecule has 0 bridgehead atoms. The van der Waals surface area contributed by atoms with Crippen LogP contribution in [0.15, 0.2) is 18.2 Å². The van der Waals surface area contributed by atoms with Crippen molar-refractivity contribution in [2.75, 3.05) is 0 Å². The highest BCUT2D eigenvalue weighted by molar-refractivity contribution is 5.37. The third-order valence-corrected chi connectivity index (χ3v) is 1.91. The fraction of sp³-hybridized carbons (Fsp3) is 0.333. The molecule has 67 valence electrons. The second-order valence-corrected chi connectivity index (χ2v) is 4.10. The normalized spacial score (nSPS) is 11.0. The summed E-state index contributed by atoms with van der Waals surface area (Å²) in [5.41, 5.74) is 1.29. The molecule has 0 amide bonds. The summed E-state index contributed by atoms with van der Waals surface area (Å²) in [5, 5.41) is 0. The second kappa shape index (κ2) is 3.22. The van der Waals surface area contributed by atoms with Gasteiger partial charge in [-0.3, -0.25) is 0 Å². The van der Waals surface area contributed by atoms with E-state index in [0.717, 1.165) is 5.56 Å². The van der Waals surface area contributed by atoms with Gasteiger partial charge in [0.15, 0.2) is 0 Å². The molecule has 0 nitrogen and oxygen atoms in total. The molecule has 0 N–H and O–H groups in total. The molecule has 1 aromatic carbocycles. The Morgan fingerprint density at radius 2 is 1.85 bits per heavy atom. The Balaban J connectivity index is 3.26. The van der Waals surface area contributed by atoms with E-state index < -0.39 is 0 Å². The number of hydrogen-bond donors (Lipinski definition) is 0. The van der Waals surface area contributed by atoms with Gasteiger partial charge >= 0.3 is 0 Å². The lowest BCUT2D eigenvalue weighted by Gasteiger charge is -2.19. The number of hydrogen-bond acceptors (Lipinski definition) is 0. The lowest BCUT2D eigenvalue weighted by atomic mass is 9.86. The zero-order chi connectivity index (χ0) is 10.1. The van der Waals surface area contributed by atoms with E-state index in [1.807, 2.05) is 20.8 Å². The van der Waals surface area contributed by atoms with Crippen LogP contribution in [0, 0.1) is 18.2 Å². The minimum atomic E-state index is -0.304. The van der Waals surface area contributed by atoms with Crippen molar-refractivity contribution < 1.29 is 4.39 Å². The van der Waals surface area contributed by atoms with Crippen molar-refractivity contribution in [2.45, 2.75) is 26.2 Å². The largest absolute Gasteiger partial charge is 0.207 e. The van der Waals surface area contributed by atoms with Crippen LogP contribution in [-0.2, 0) is 5.41 Å². The summed E-state index contributed by atoms with van der Waals surface area (Å²) in [6.45, 7) is 6.03. The van der Waals surface area contributed by atoms with Crippen LogP contribution in [0.4, 0.5) is 4.39 Å². The summed E-state index contributed by atoms with van der Waals surface area (Å²) < 4.78 is 13.0. The Bertz CT molecular complexity index is 350. The van der Waals surface area contributed by atoms with Gasteiger partial charge in [0.25, 0.3) is 0 Å². The molecule has 0 saturated carbocycles. The van der Waals surface area contributed by atoms with Gasteiger partial charge in [0, 0.05) is 5.56 Å². The van der Waals surface area contributed by atoms with Crippen LogP contribution in [0.1, 0.15) is 31.9 Å². The van der Waals surface area contributed by atoms with Gasteiger partial charge in [-0.2, -0.15) is 0 Å². The van der Waals surface area contributed by atoms with E-state index in [1.54, 1.807) is 6.07 Å². The van der Waals surface area contributed by atoms with Crippen molar-refractivity contribution in [2.24, 2.45) is 0 Å². The van der Waals surface area contributed by atoms with Gasteiger partial charge in [-0.1, -0.05) is 26.7 Å². The number of halogens is 1. The van der Waals surface area contributed by atoms with Gasteiger partial charge in [-0.15, -0.1) is 0 Å². The van der Waals surface area contributed by atoms with Gasteiger partial charge in [-0.05, 0) is 35.6 Å². The van der Waals surface area contributed by atoms with Crippen LogP contribution in [-0.4, -0.2) is 0 Å². The summed E-state index contributed by atoms with van der Waals surface area (Å²) in [4.78, 5) is 0. The monoisotopic (exact) mass is 175 g/mol. The van der Waals surface area contributed by atoms with E-state index in [-0.39, 0.29) is 11.2 Å². The van der Waals surface area contributed by atoms with Gasteiger partial charge in [0.05, 0.1) is 0 Å². The van der Waals surface area contributed by atoms with Crippen molar-refractivity contribution >= 4 is 0 Å². The highest BCUT2D eigenvalue weighted by Crippen LogP contribution is 2.23.